The van der Waals surface area contributed by atoms with Crippen LogP contribution in [0, 0.1) is 5.82 Å². The van der Waals surface area contributed by atoms with Crippen molar-refractivity contribution in [2.45, 2.75) is 18.6 Å². The van der Waals surface area contributed by atoms with Gasteiger partial charge < -0.3 is 35.3 Å². The van der Waals surface area contributed by atoms with E-state index in [1.165, 1.54) is 18.1 Å². The molecule has 0 bridgehead atoms. The van der Waals surface area contributed by atoms with E-state index in [9.17, 15) is 14.4 Å². The van der Waals surface area contributed by atoms with Gasteiger partial charge in [-0.15, -0.1) is 0 Å². The van der Waals surface area contributed by atoms with Crippen molar-refractivity contribution in [1.29, 1.82) is 0 Å². The summed E-state index contributed by atoms with van der Waals surface area (Å²) in [5.41, 5.74) is 8.84. The molecule has 2 saturated heterocycles. The molecule has 3 aromatic rings. The van der Waals surface area contributed by atoms with E-state index in [2.05, 4.69) is 10.3 Å². The quantitative estimate of drug-likeness (QED) is 0.367. The monoisotopic (exact) mass is 552 g/mol. The number of benzene rings is 2. The summed E-state index contributed by atoms with van der Waals surface area (Å²) in [6.07, 6.45) is 0.996. The number of nitrogens with two attached hydrogens (primary N) is 1. The van der Waals surface area contributed by atoms with Crippen molar-refractivity contribution in [3.63, 3.8) is 0 Å². The highest BCUT2D eigenvalue weighted by atomic mass is 19.1. The number of piperazine rings is 1. The Balaban J connectivity index is 1.13. The van der Waals surface area contributed by atoms with Gasteiger partial charge in [-0.25, -0.2) is 9.18 Å². The van der Waals surface area contributed by atoms with Crippen molar-refractivity contribution in [1.82, 2.24) is 15.2 Å². The summed E-state index contributed by atoms with van der Waals surface area (Å²) in [7, 11) is 1.47. The third kappa shape index (κ3) is 5.87. The van der Waals surface area contributed by atoms with Gasteiger partial charge in [0.25, 0.3) is 0 Å². The summed E-state index contributed by atoms with van der Waals surface area (Å²) in [6, 6.07) is 11.6. The lowest BCUT2D eigenvalue weighted by molar-refractivity contribution is -0.135. The van der Waals surface area contributed by atoms with Gasteiger partial charge in [-0.3, -0.25) is 14.5 Å². The molecule has 2 atom stereocenters. The largest absolute Gasteiger partial charge is 0.442 e. The van der Waals surface area contributed by atoms with Crippen LogP contribution in [0.4, 0.5) is 20.6 Å². The number of para-hydroxylation sites is 1. The fourth-order valence-corrected chi connectivity index (χ4v) is 5.15. The minimum Gasteiger partial charge on any atom is -0.442 e. The van der Waals surface area contributed by atoms with E-state index in [0.717, 1.165) is 16.5 Å². The van der Waals surface area contributed by atoms with Gasteiger partial charge >= 0.3 is 6.09 Å². The number of hydrogen-bond acceptors (Lipinski definition) is 7. The molecule has 2 aliphatic rings. The minimum atomic E-state index is -0.769. The molecule has 4 N–H and O–H groups in total. The second-order valence-corrected chi connectivity index (χ2v) is 9.97. The van der Waals surface area contributed by atoms with Crippen LogP contribution in [0.15, 0.2) is 48.7 Å². The molecule has 1 aromatic heterocycles. The van der Waals surface area contributed by atoms with Crippen molar-refractivity contribution in [2.24, 2.45) is 5.73 Å². The molecule has 0 aliphatic carbocycles. The summed E-state index contributed by atoms with van der Waals surface area (Å²) in [6.45, 7) is 2.20. The molecule has 2 unspecified atom stereocenters. The number of nitrogens with one attached hydrogen (secondary N) is 2. The number of carbonyl (C=O) groups is 3. The van der Waals surface area contributed by atoms with Crippen LogP contribution in [0.1, 0.15) is 5.56 Å². The number of halogens is 1. The van der Waals surface area contributed by atoms with Crippen LogP contribution in [-0.2, 0) is 25.5 Å². The van der Waals surface area contributed by atoms with Gasteiger partial charge in [0.2, 0.25) is 11.8 Å². The number of carbonyl (C=O) groups excluding carboxylic acids is 3. The first-order valence-corrected chi connectivity index (χ1v) is 13.2. The van der Waals surface area contributed by atoms with Crippen molar-refractivity contribution in [3.8, 4) is 0 Å². The van der Waals surface area contributed by atoms with Crippen LogP contribution in [0.5, 0.6) is 0 Å². The Morgan fingerprint density at radius 1 is 1.20 bits per heavy atom. The molecule has 0 saturated carbocycles. The number of rotatable bonds is 9. The van der Waals surface area contributed by atoms with Crippen LogP contribution in [0.2, 0.25) is 0 Å². The Hall–Kier alpha value is -4.16. The molecule has 2 fully saturated rings. The molecule has 3 heterocycles. The Kier molecular flexibility index (Phi) is 8.17. The lowest BCUT2D eigenvalue weighted by Crippen LogP contribution is -2.50. The number of ether oxygens (including phenoxy) is 2. The zero-order chi connectivity index (χ0) is 28.2. The highest BCUT2D eigenvalue weighted by molar-refractivity contribution is 5.90. The maximum Gasteiger partial charge on any atom is 0.414 e. The van der Waals surface area contributed by atoms with Gasteiger partial charge in [-0.1, -0.05) is 18.2 Å². The van der Waals surface area contributed by atoms with Gasteiger partial charge in [-0.05, 0) is 36.2 Å². The van der Waals surface area contributed by atoms with Gasteiger partial charge in [0.1, 0.15) is 18.5 Å². The first kappa shape index (κ1) is 27.4. The summed E-state index contributed by atoms with van der Waals surface area (Å²) < 4.78 is 25.4. The molecule has 12 heteroatoms. The standard InChI is InChI=1S/C28H33FN6O5/c1-39-17-26(36)34-10-8-33(9-11-34)25-7-6-19(13-22(25)29)35-16-20(40-28(35)38)15-32-27(37)23(30)12-18-14-31-24-5-3-2-4-21(18)24/h2-7,13-14,20,23,31H,8-12,15-17,30H2,1H3,(H,32,37). The molecule has 3 amide bonds. The number of hydrogen-bond donors (Lipinski definition) is 3. The van der Waals surface area contributed by atoms with Crippen LogP contribution in [0.25, 0.3) is 10.9 Å². The van der Waals surface area contributed by atoms with E-state index < -0.39 is 24.1 Å². The number of nitrogens with zero attached hydrogens (tertiary/aromatic N) is 3. The molecule has 40 heavy (non-hydrogen) atoms. The van der Waals surface area contributed by atoms with E-state index in [-0.39, 0.29) is 31.5 Å². The fourth-order valence-electron chi connectivity index (χ4n) is 5.15. The molecule has 0 radical (unpaired) electrons. The summed E-state index contributed by atoms with van der Waals surface area (Å²) in [5, 5.41) is 3.78. The molecule has 11 nitrogen and oxygen atoms in total. The first-order chi connectivity index (χ1) is 19.3. The fraction of sp³-hybridized carbons (Fsp3) is 0.393. The predicted octanol–water partition coefficient (Wildman–Crippen LogP) is 1.61. The van der Waals surface area contributed by atoms with Gasteiger partial charge in [-0.2, -0.15) is 0 Å². The van der Waals surface area contributed by atoms with E-state index in [1.54, 1.807) is 17.0 Å². The van der Waals surface area contributed by atoms with E-state index in [1.807, 2.05) is 35.4 Å². The highest BCUT2D eigenvalue weighted by Gasteiger charge is 2.33. The zero-order valence-electron chi connectivity index (χ0n) is 22.3. The topological polar surface area (TPSA) is 133 Å². The number of anilines is 2. The first-order valence-electron chi connectivity index (χ1n) is 13.2. The van der Waals surface area contributed by atoms with Crippen molar-refractivity contribution in [2.75, 3.05) is 62.8 Å². The molecule has 2 aromatic carbocycles. The Morgan fingerprint density at radius 2 is 1.98 bits per heavy atom. The van der Waals surface area contributed by atoms with Crippen LogP contribution < -0.4 is 20.9 Å². The lowest BCUT2D eigenvalue weighted by Gasteiger charge is -2.36. The van der Waals surface area contributed by atoms with Crippen molar-refractivity contribution >= 4 is 40.2 Å². The van der Waals surface area contributed by atoms with E-state index >= 15 is 4.39 Å². The molecular formula is C28H33FN6O5. The lowest BCUT2D eigenvalue weighted by atomic mass is 10.1. The second kappa shape index (κ2) is 11.9. The highest BCUT2D eigenvalue weighted by Crippen LogP contribution is 2.28. The summed E-state index contributed by atoms with van der Waals surface area (Å²) in [5.74, 6) is -0.909. The minimum absolute atomic E-state index is 0.0253. The normalized spacial score (nSPS) is 18.2. The number of cyclic esters (lactones) is 1. The van der Waals surface area contributed by atoms with Gasteiger partial charge in [0.15, 0.2) is 0 Å². The molecule has 2 aliphatic heterocycles. The zero-order valence-corrected chi connectivity index (χ0v) is 22.3. The number of aromatic amines is 1. The second-order valence-electron chi connectivity index (χ2n) is 9.97. The Bertz CT molecular complexity index is 1390. The molecule has 5 rings (SSSR count). The third-order valence-corrected chi connectivity index (χ3v) is 7.31. The Morgan fingerprint density at radius 3 is 2.73 bits per heavy atom. The van der Waals surface area contributed by atoms with Crippen LogP contribution in [0.3, 0.4) is 0 Å². The van der Waals surface area contributed by atoms with Crippen LogP contribution in [-0.4, -0.2) is 92.9 Å². The van der Waals surface area contributed by atoms with Gasteiger partial charge in [0.05, 0.1) is 30.5 Å². The van der Waals surface area contributed by atoms with Crippen molar-refractivity contribution < 1.29 is 28.2 Å². The van der Waals surface area contributed by atoms with E-state index in [0.29, 0.717) is 44.0 Å². The number of H-pyrrole nitrogens is 1. The SMILES string of the molecule is COCC(=O)N1CCN(c2ccc(N3CC(CNC(=O)C(N)Cc4c[nH]c5ccccc45)OC3=O)cc2F)CC1. The number of amides is 3. The molecule has 0 spiro atoms. The van der Waals surface area contributed by atoms with Crippen molar-refractivity contribution in [3.05, 3.63) is 60.0 Å². The van der Waals surface area contributed by atoms with E-state index in [4.69, 9.17) is 15.2 Å². The van der Waals surface area contributed by atoms with Crippen LogP contribution >= 0.6 is 0 Å². The maximum absolute atomic E-state index is 15.1. The maximum atomic E-state index is 15.1. The number of methoxy groups -OCH3 is 1. The predicted molar refractivity (Wildman–Crippen MR) is 148 cm³/mol. The molecule has 212 valence electrons. The average Bonchev–Trinajstić information content (AvgIpc) is 3.54. The number of aromatic nitrogens is 1. The summed E-state index contributed by atoms with van der Waals surface area (Å²) in [4.78, 5) is 45.3. The molecular weight excluding hydrogens is 519 g/mol. The smallest absolute Gasteiger partial charge is 0.414 e. The number of fused-ring (bicyclic) bond motifs is 1. The summed E-state index contributed by atoms with van der Waals surface area (Å²) >= 11 is 0. The van der Waals surface area contributed by atoms with Gasteiger partial charge in [0, 0.05) is 50.4 Å². The average molecular weight is 553 g/mol. The third-order valence-electron chi connectivity index (χ3n) is 7.31. The Labute approximate surface area is 231 Å².